The van der Waals surface area contributed by atoms with Gasteiger partial charge in [0.1, 0.15) is 0 Å². The van der Waals surface area contributed by atoms with Crippen molar-refractivity contribution in [1.29, 1.82) is 0 Å². The molecule has 2 atom stereocenters. The first kappa shape index (κ1) is 6.66. The van der Waals surface area contributed by atoms with Crippen molar-refractivity contribution < 1.29 is 4.74 Å². The molecule has 0 N–H and O–H groups in total. The molecule has 1 aliphatic heterocycles. The van der Waals surface area contributed by atoms with E-state index >= 15 is 0 Å². The largest absolute Gasteiger partial charge is 0.352 e. The van der Waals surface area contributed by atoms with Gasteiger partial charge in [0.2, 0.25) is 0 Å². The van der Waals surface area contributed by atoms with Gasteiger partial charge in [-0.1, -0.05) is 11.6 Å². The Bertz CT molecular complexity index is 76.8. The number of hydrogen-bond donors (Lipinski definition) is 0. The van der Waals surface area contributed by atoms with Crippen molar-refractivity contribution in [3.8, 4) is 0 Å². The maximum atomic E-state index is 5.52. The minimum absolute atomic E-state index is 0.0155. The van der Waals surface area contributed by atoms with Crippen LogP contribution in [-0.2, 0) is 4.74 Å². The van der Waals surface area contributed by atoms with E-state index in [1.807, 2.05) is 0 Å². The molecule has 0 aromatic heterocycles. The lowest BCUT2D eigenvalue weighted by molar-refractivity contribution is 0.386. The van der Waals surface area contributed by atoms with Crippen molar-refractivity contribution in [2.75, 3.05) is 5.88 Å². The van der Waals surface area contributed by atoms with Crippen molar-refractivity contribution in [3.05, 3.63) is 0 Å². The van der Waals surface area contributed by atoms with Gasteiger partial charge in [0.05, 0.1) is 6.10 Å². The Morgan fingerprint density at radius 3 is 2.50 bits per heavy atom. The molecule has 2 unspecified atom stereocenters. The third-order valence-electron chi connectivity index (χ3n) is 1.14. The molecule has 1 saturated heterocycles. The third kappa shape index (κ3) is 1.81. The molecule has 0 aromatic carbocycles. The standard InChI is InChI=1S/C5H8Cl2O/c6-3-1-2-4-5(7)8-4/h4-5H,1-3H2. The first-order valence-electron chi connectivity index (χ1n) is 2.70. The molecule has 8 heavy (non-hydrogen) atoms. The van der Waals surface area contributed by atoms with E-state index in [1.54, 1.807) is 0 Å². The van der Waals surface area contributed by atoms with Crippen LogP contribution < -0.4 is 0 Å². The number of ether oxygens (including phenoxy) is 1. The van der Waals surface area contributed by atoms with Gasteiger partial charge in [0.25, 0.3) is 0 Å². The fraction of sp³-hybridized carbons (Fsp3) is 1.00. The van der Waals surface area contributed by atoms with Crippen molar-refractivity contribution in [2.24, 2.45) is 0 Å². The molecule has 0 bridgehead atoms. The van der Waals surface area contributed by atoms with Gasteiger partial charge < -0.3 is 4.74 Å². The molecule has 0 aliphatic carbocycles. The van der Waals surface area contributed by atoms with Crippen LogP contribution in [0.25, 0.3) is 0 Å². The van der Waals surface area contributed by atoms with Crippen LogP contribution in [0, 0.1) is 0 Å². The minimum atomic E-state index is -0.0155. The Hall–Kier alpha value is 0.540. The van der Waals surface area contributed by atoms with Crippen LogP contribution in [0.5, 0.6) is 0 Å². The summed E-state index contributed by atoms with van der Waals surface area (Å²) in [6, 6.07) is 0. The normalized spacial score (nSPS) is 35.2. The van der Waals surface area contributed by atoms with Crippen LogP contribution in [0.15, 0.2) is 0 Å². The van der Waals surface area contributed by atoms with Crippen molar-refractivity contribution in [1.82, 2.24) is 0 Å². The average Bonchev–Trinajstić information content (AvgIpc) is 2.42. The lowest BCUT2D eigenvalue weighted by Crippen LogP contribution is -1.87. The second-order valence-corrected chi connectivity index (χ2v) is 2.67. The molecular formula is C5H8Cl2O. The zero-order valence-corrected chi connectivity index (χ0v) is 5.95. The van der Waals surface area contributed by atoms with Crippen LogP contribution in [0.4, 0.5) is 0 Å². The summed E-state index contributed by atoms with van der Waals surface area (Å²) in [5.74, 6) is 0.712. The van der Waals surface area contributed by atoms with Gasteiger partial charge in [-0.25, -0.2) is 0 Å². The molecule has 3 heteroatoms. The van der Waals surface area contributed by atoms with E-state index in [-0.39, 0.29) is 5.56 Å². The Kier molecular flexibility index (Phi) is 2.42. The zero-order valence-electron chi connectivity index (χ0n) is 4.44. The summed E-state index contributed by atoms with van der Waals surface area (Å²) >= 11 is 10.9. The highest BCUT2D eigenvalue weighted by Gasteiger charge is 2.35. The first-order valence-corrected chi connectivity index (χ1v) is 3.67. The maximum Gasteiger partial charge on any atom is 0.157 e. The molecule has 1 nitrogen and oxygen atoms in total. The summed E-state index contributed by atoms with van der Waals surface area (Å²) in [5.41, 5.74) is -0.0155. The number of alkyl halides is 2. The molecule has 1 fully saturated rings. The predicted octanol–water partition coefficient (Wildman–Crippen LogP) is 1.97. The van der Waals surface area contributed by atoms with Crippen LogP contribution >= 0.6 is 23.2 Å². The van der Waals surface area contributed by atoms with E-state index in [9.17, 15) is 0 Å². The molecule has 0 radical (unpaired) electrons. The summed E-state index contributed by atoms with van der Waals surface area (Å²) in [4.78, 5) is 0. The monoisotopic (exact) mass is 154 g/mol. The van der Waals surface area contributed by atoms with Gasteiger partial charge in [-0.2, -0.15) is 0 Å². The van der Waals surface area contributed by atoms with Gasteiger partial charge in [-0.15, -0.1) is 11.6 Å². The van der Waals surface area contributed by atoms with Gasteiger partial charge in [-0.05, 0) is 12.8 Å². The van der Waals surface area contributed by atoms with Gasteiger partial charge in [-0.3, -0.25) is 0 Å². The SMILES string of the molecule is ClCCCC1OC1Cl. The quantitative estimate of drug-likeness (QED) is 0.448. The van der Waals surface area contributed by atoms with Crippen LogP contribution in [-0.4, -0.2) is 17.5 Å². The molecular weight excluding hydrogens is 147 g/mol. The van der Waals surface area contributed by atoms with Crippen molar-refractivity contribution >= 4 is 23.2 Å². The summed E-state index contributed by atoms with van der Waals surface area (Å²) < 4.78 is 4.93. The third-order valence-corrected chi connectivity index (χ3v) is 1.79. The number of epoxide rings is 1. The van der Waals surface area contributed by atoms with E-state index in [0.29, 0.717) is 12.0 Å². The highest BCUT2D eigenvalue weighted by atomic mass is 35.5. The number of hydrogen-bond acceptors (Lipinski definition) is 1. The van der Waals surface area contributed by atoms with Crippen molar-refractivity contribution in [3.63, 3.8) is 0 Å². The first-order chi connectivity index (χ1) is 3.84. The van der Waals surface area contributed by atoms with Crippen molar-refractivity contribution in [2.45, 2.75) is 24.5 Å². The minimum Gasteiger partial charge on any atom is -0.352 e. The molecule has 1 rings (SSSR count). The van der Waals surface area contributed by atoms with Gasteiger partial charge >= 0.3 is 0 Å². The van der Waals surface area contributed by atoms with E-state index < -0.39 is 0 Å². The van der Waals surface area contributed by atoms with E-state index in [1.165, 1.54) is 0 Å². The Morgan fingerprint density at radius 1 is 1.50 bits per heavy atom. The van der Waals surface area contributed by atoms with Gasteiger partial charge in [0.15, 0.2) is 5.56 Å². The Labute approximate surface area is 58.9 Å². The van der Waals surface area contributed by atoms with E-state index in [4.69, 9.17) is 27.9 Å². The lowest BCUT2D eigenvalue weighted by Gasteiger charge is -1.85. The number of halogens is 2. The van der Waals surface area contributed by atoms with Crippen LogP contribution in [0.2, 0.25) is 0 Å². The molecule has 1 aliphatic rings. The molecule has 1 heterocycles. The Morgan fingerprint density at radius 2 is 2.12 bits per heavy atom. The number of rotatable bonds is 3. The summed E-state index contributed by atoms with van der Waals surface area (Å²) in [7, 11) is 0. The molecule has 0 spiro atoms. The second-order valence-electron chi connectivity index (χ2n) is 1.86. The second kappa shape index (κ2) is 2.90. The summed E-state index contributed by atoms with van der Waals surface area (Å²) in [6.45, 7) is 0. The Balaban J connectivity index is 1.89. The fourth-order valence-electron chi connectivity index (χ4n) is 0.599. The zero-order chi connectivity index (χ0) is 5.98. The molecule has 0 aromatic rings. The molecule has 0 amide bonds. The van der Waals surface area contributed by atoms with E-state index in [2.05, 4.69) is 0 Å². The highest BCUT2D eigenvalue weighted by molar-refractivity contribution is 6.21. The maximum absolute atomic E-state index is 5.52. The summed E-state index contributed by atoms with van der Waals surface area (Å²) in [5, 5.41) is 0. The van der Waals surface area contributed by atoms with E-state index in [0.717, 1.165) is 12.8 Å². The fourth-order valence-corrected chi connectivity index (χ4v) is 1.01. The van der Waals surface area contributed by atoms with Gasteiger partial charge in [0, 0.05) is 5.88 Å². The highest BCUT2D eigenvalue weighted by Crippen LogP contribution is 2.29. The lowest BCUT2D eigenvalue weighted by atomic mass is 10.3. The van der Waals surface area contributed by atoms with Crippen LogP contribution in [0.3, 0.4) is 0 Å². The average molecular weight is 155 g/mol. The van der Waals surface area contributed by atoms with Crippen LogP contribution in [0.1, 0.15) is 12.8 Å². The molecule has 48 valence electrons. The smallest absolute Gasteiger partial charge is 0.157 e. The molecule has 0 saturated carbocycles. The predicted molar refractivity (Wildman–Crippen MR) is 34.5 cm³/mol. The summed E-state index contributed by atoms with van der Waals surface area (Å²) in [6.07, 6.45) is 2.32. The topological polar surface area (TPSA) is 12.5 Å².